The SMILES string of the molecule is CCCCCCCCc1csc(-c2sc(-c3ccc4c(c3)N(CC(CCCCCC)CCCCCCCC)C(=O)C4=C3C(=O)N(CC(CCCCCC)CCCCCCCC)c4cc(-c5cc(CCCCCCCC)c(-c6cc(CCCCCCCC)cs6)s5)ccc43)cc2CCCCCCCC)c1. The third kappa shape index (κ3) is 27.2. The Labute approximate surface area is 653 Å². The number of unbranched alkanes of at least 4 members (excludes halogenated alkanes) is 36. The van der Waals surface area contributed by atoms with Gasteiger partial charge in [0.05, 0.1) is 22.5 Å². The number of hydrogen-bond donors (Lipinski definition) is 0. The number of hydrogen-bond acceptors (Lipinski definition) is 6. The largest absolute Gasteiger partial charge is 0.307 e. The van der Waals surface area contributed by atoms with Crippen molar-refractivity contribution in [1.29, 1.82) is 0 Å². The molecular weight excluding hydrogens is 1340 g/mol. The number of amides is 2. The summed E-state index contributed by atoms with van der Waals surface area (Å²) in [6, 6.07) is 24.2. The van der Waals surface area contributed by atoms with Crippen molar-refractivity contribution in [2.24, 2.45) is 11.8 Å². The first-order valence-electron chi connectivity index (χ1n) is 44.3. The minimum atomic E-state index is 0.0308. The quantitative estimate of drug-likeness (QED) is 0.0282. The second-order valence-corrected chi connectivity index (χ2v) is 36.2. The van der Waals surface area contributed by atoms with E-state index in [9.17, 15) is 0 Å². The minimum absolute atomic E-state index is 0.0308. The van der Waals surface area contributed by atoms with Crippen molar-refractivity contribution in [2.75, 3.05) is 22.9 Å². The van der Waals surface area contributed by atoms with Crippen molar-refractivity contribution in [1.82, 2.24) is 0 Å². The van der Waals surface area contributed by atoms with Gasteiger partial charge in [0, 0.05) is 53.5 Å². The molecule has 0 aliphatic carbocycles. The summed E-state index contributed by atoms with van der Waals surface area (Å²) in [5.74, 6) is 0.827. The van der Waals surface area contributed by atoms with Gasteiger partial charge in [-0.15, -0.1) is 45.3 Å². The monoisotopic (exact) mass is 1490 g/mol. The van der Waals surface area contributed by atoms with Gasteiger partial charge in [-0.25, -0.2) is 0 Å². The lowest BCUT2D eigenvalue weighted by molar-refractivity contribution is -0.114. The maximum atomic E-state index is 16.5. The molecule has 0 N–H and O–H groups in total. The van der Waals surface area contributed by atoms with E-state index in [-0.39, 0.29) is 11.8 Å². The van der Waals surface area contributed by atoms with E-state index in [1.807, 2.05) is 45.3 Å². The Morgan fingerprint density at radius 3 is 0.894 bits per heavy atom. The molecule has 0 spiro atoms. The van der Waals surface area contributed by atoms with Gasteiger partial charge in [-0.1, -0.05) is 336 Å². The second-order valence-electron chi connectivity index (χ2n) is 32.2. The Hall–Kier alpha value is -4.08. The molecule has 0 fully saturated rings. The first kappa shape index (κ1) is 85.5. The van der Waals surface area contributed by atoms with E-state index in [1.54, 1.807) is 0 Å². The van der Waals surface area contributed by atoms with Crippen LogP contribution in [0.2, 0.25) is 0 Å². The number of benzene rings is 2. The molecule has 104 heavy (non-hydrogen) atoms. The number of carbonyl (C=O) groups is 2. The molecule has 0 saturated heterocycles. The molecule has 2 aromatic carbocycles. The first-order chi connectivity index (χ1) is 51.2. The Morgan fingerprint density at radius 1 is 0.298 bits per heavy atom. The molecule has 2 unspecified atom stereocenters. The van der Waals surface area contributed by atoms with Crippen molar-refractivity contribution in [2.45, 2.75) is 389 Å². The second kappa shape index (κ2) is 49.9. The summed E-state index contributed by atoms with van der Waals surface area (Å²) >= 11 is 7.85. The number of thiophene rings is 4. The molecule has 8 heteroatoms. The predicted octanol–water partition coefficient (Wildman–Crippen LogP) is 32.5. The van der Waals surface area contributed by atoms with Crippen molar-refractivity contribution < 1.29 is 9.59 Å². The molecule has 576 valence electrons. The van der Waals surface area contributed by atoms with Crippen molar-refractivity contribution >= 4 is 79.7 Å². The Kier molecular flexibility index (Phi) is 41.0. The highest BCUT2D eigenvalue weighted by atomic mass is 32.1. The number of carbonyl (C=O) groups excluding carboxylic acids is 2. The average molecular weight is 1490 g/mol. The Morgan fingerprint density at radius 2 is 0.577 bits per heavy atom. The summed E-state index contributed by atoms with van der Waals surface area (Å²) in [6.07, 6.45) is 65.4. The molecule has 0 bridgehead atoms. The molecule has 2 aliphatic rings. The molecule has 2 amide bonds. The summed E-state index contributed by atoms with van der Waals surface area (Å²) in [7, 11) is 0. The highest BCUT2D eigenvalue weighted by Gasteiger charge is 2.44. The van der Waals surface area contributed by atoms with Crippen LogP contribution in [0.1, 0.15) is 397 Å². The molecule has 0 radical (unpaired) electrons. The number of anilines is 2. The molecule has 2 atom stereocenters. The van der Waals surface area contributed by atoms with Crippen LogP contribution in [-0.2, 0) is 35.3 Å². The van der Waals surface area contributed by atoms with Gasteiger partial charge in [-0.3, -0.25) is 9.59 Å². The fourth-order valence-corrected chi connectivity index (χ4v) is 21.3. The van der Waals surface area contributed by atoms with Crippen molar-refractivity contribution in [3.8, 4) is 40.4 Å². The van der Waals surface area contributed by atoms with E-state index in [0.29, 0.717) is 36.1 Å². The van der Waals surface area contributed by atoms with E-state index >= 15 is 9.59 Å². The lowest BCUT2D eigenvalue weighted by Gasteiger charge is -2.25. The highest BCUT2D eigenvalue weighted by Crippen LogP contribution is 2.52. The van der Waals surface area contributed by atoms with Gasteiger partial charge in [-0.2, -0.15) is 0 Å². The van der Waals surface area contributed by atoms with Crippen LogP contribution in [0.25, 0.3) is 51.5 Å². The van der Waals surface area contributed by atoms with Crippen LogP contribution in [-0.4, -0.2) is 24.9 Å². The number of nitrogens with zero attached hydrogens (tertiary/aromatic N) is 2. The molecule has 6 aromatic rings. The summed E-state index contributed by atoms with van der Waals surface area (Å²) in [5, 5.41) is 4.90. The maximum absolute atomic E-state index is 16.5. The Balaban J connectivity index is 1.24. The minimum Gasteiger partial charge on any atom is -0.307 e. The van der Waals surface area contributed by atoms with Crippen molar-refractivity contribution in [3.05, 3.63) is 105 Å². The molecule has 2 aliphatic heterocycles. The van der Waals surface area contributed by atoms with Gasteiger partial charge in [-0.05, 0) is 169 Å². The van der Waals surface area contributed by atoms with Gasteiger partial charge in [0.15, 0.2) is 0 Å². The normalized spacial score (nSPS) is 14.3. The van der Waals surface area contributed by atoms with Gasteiger partial charge in [0.25, 0.3) is 11.8 Å². The van der Waals surface area contributed by atoms with Gasteiger partial charge in [0.2, 0.25) is 0 Å². The predicted molar refractivity (Wildman–Crippen MR) is 466 cm³/mol. The molecular formula is C96H146N2O2S4. The van der Waals surface area contributed by atoms with Crippen LogP contribution in [0.4, 0.5) is 11.4 Å². The van der Waals surface area contributed by atoms with Gasteiger partial charge in [0.1, 0.15) is 0 Å². The van der Waals surface area contributed by atoms with E-state index in [2.05, 4.69) is 137 Å². The zero-order valence-electron chi connectivity index (χ0n) is 67.6. The van der Waals surface area contributed by atoms with Crippen molar-refractivity contribution in [3.63, 3.8) is 0 Å². The highest BCUT2D eigenvalue weighted by molar-refractivity contribution is 7.24. The summed E-state index contributed by atoms with van der Waals surface area (Å²) < 4.78 is 0. The Bertz CT molecular complexity index is 3160. The average Bonchev–Trinajstić information content (AvgIpc) is 1.57. The zero-order valence-corrected chi connectivity index (χ0v) is 70.9. The molecule has 8 rings (SSSR count). The number of rotatable bonds is 60. The molecule has 4 nitrogen and oxygen atoms in total. The van der Waals surface area contributed by atoms with Crippen LogP contribution in [0.5, 0.6) is 0 Å². The zero-order chi connectivity index (χ0) is 73.4. The molecule has 0 saturated carbocycles. The maximum Gasteiger partial charge on any atom is 0.259 e. The van der Waals surface area contributed by atoms with Gasteiger partial charge < -0.3 is 9.80 Å². The van der Waals surface area contributed by atoms with E-state index < -0.39 is 0 Å². The van der Waals surface area contributed by atoms with E-state index in [0.717, 1.165) is 73.9 Å². The fraction of sp³-hybridized carbons (Fsp3) is 0.667. The van der Waals surface area contributed by atoms with E-state index in [1.165, 1.54) is 345 Å². The summed E-state index contributed by atoms with van der Waals surface area (Å²) in [6.45, 7) is 19.9. The lowest BCUT2D eigenvalue weighted by atomic mass is 9.93. The fourth-order valence-electron chi connectivity index (χ4n) is 16.7. The van der Waals surface area contributed by atoms with Crippen LogP contribution >= 0.6 is 45.3 Å². The van der Waals surface area contributed by atoms with E-state index in [4.69, 9.17) is 0 Å². The van der Waals surface area contributed by atoms with Crippen LogP contribution in [0.15, 0.2) is 71.4 Å². The smallest absolute Gasteiger partial charge is 0.259 e. The summed E-state index contributed by atoms with van der Waals surface area (Å²) in [4.78, 5) is 45.8. The van der Waals surface area contributed by atoms with Crippen LogP contribution < -0.4 is 9.80 Å². The molecule has 6 heterocycles. The third-order valence-corrected chi connectivity index (χ3v) is 28.0. The lowest BCUT2D eigenvalue weighted by Crippen LogP contribution is -2.34. The summed E-state index contributed by atoms with van der Waals surface area (Å²) in [5.41, 5.74) is 13.5. The topological polar surface area (TPSA) is 40.6 Å². The van der Waals surface area contributed by atoms with Crippen LogP contribution in [0.3, 0.4) is 0 Å². The molecule has 4 aromatic heterocycles. The third-order valence-electron chi connectivity index (χ3n) is 23.2. The van der Waals surface area contributed by atoms with Crippen LogP contribution in [0, 0.1) is 11.8 Å². The number of aryl methyl sites for hydroxylation is 4. The number of fused-ring (bicyclic) bond motifs is 2. The standard InChI is InChI=1S/C96H146N2O2S4/c1-9-17-25-33-39-47-55-75(53-45-31-23-15-7)71-97-85-67-79(87-69-81(59-51-43-37-29-21-13-5)93(103-87)89-65-77(73-101-89)57-49-41-35-27-19-11-3)61-63-83(85)91(95(97)99)92-84-64-62-80(68-86(84)98(96(92)100)72-76(54-46-32-24-16-8)56-48-40-34-26-18-10-2)88-70-82(60-52-44-38-30-22-14-6)94(104-88)90-66-78(74-102-90)58-50-42-36-28-20-12-4/h61-70,73-76H,9-60,71-72H2,1-8H3. The first-order valence-corrected chi connectivity index (χ1v) is 47.7. The van der Waals surface area contributed by atoms with Gasteiger partial charge >= 0.3 is 0 Å².